The van der Waals surface area contributed by atoms with Crippen molar-refractivity contribution in [3.8, 4) is 5.75 Å². The molecule has 0 saturated heterocycles. The number of ether oxygens (including phenoxy) is 2. The van der Waals surface area contributed by atoms with Crippen LogP contribution < -0.4 is 16.0 Å². The maximum atomic E-state index is 6.02. The molecule has 0 spiro atoms. The van der Waals surface area contributed by atoms with Crippen LogP contribution >= 0.6 is 11.6 Å². The van der Waals surface area contributed by atoms with E-state index in [1.54, 1.807) is 13.2 Å². The SMILES string of the molecule is COCCOc1ccccc1C(NN)c1ccoc1Cl. The Morgan fingerprint density at radius 2 is 2.05 bits per heavy atom. The van der Waals surface area contributed by atoms with Crippen LogP contribution in [-0.2, 0) is 4.74 Å². The summed E-state index contributed by atoms with van der Waals surface area (Å²) < 4.78 is 15.8. The van der Waals surface area contributed by atoms with E-state index in [0.29, 0.717) is 18.4 Å². The summed E-state index contributed by atoms with van der Waals surface area (Å²) in [6.07, 6.45) is 1.52. The zero-order chi connectivity index (χ0) is 14.4. The second kappa shape index (κ2) is 7.31. The van der Waals surface area contributed by atoms with Gasteiger partial charge in [-0.05, 0) is 23.7 Å². The lowest BCUT2D eigenvalue weighted by Gasteiger charge is -2.19. The monoisotopic (exact) mass is 296 g/mol. The summed E-state index contributed by atoms with van der Waals surface area (Å²) in [4.78, 5) is 0. The summed E-state index contributed by atoms with van der Waals surface area (Å²) >= 11 is 6.02. The lowest BCUT2D eigenvalue weighted by Crippen LogP contribution is -2.29. The maximum Gasteiger partial charge on any atom is 0.198 e. The van der Waals surface area contributed by atoms with E-state index in [1.807, 2.05) is 24.3 Å². The molecule has 1 aromatic heterocycles. The van der Waals surface area contributed by atoms with Gasteiger partial charge in [0.1, 0.15) is 12.4 Å². The molecular weight excluding hydrogens is 280 g/mol. The number of nitrogens with one attached hydrogen (secondary N) is 1. The Hall–Kier alpha value is -1.53. The van der Waals surface area contributed by atoms with Crippen molar-refractivity contribution in [2.75, 3.05) is 20.3 Å². The van der Waals surface area contributed by atoms with Crippen LogP contribution in [0.5, 0.6) is 5.75 Å². The molecular formula is C14H17ClN2O3. The van der Waals surface area contributed by atoms with Crippen LogP contribution in [0.1, 0.15) is 17.2 Å². The normalized spacial score (nSPS) is 12.3. The predicted octanol–water partition coefficient (Wildman–Crippen LogP) is 2.51. The van der Waals surface area contributed by atoms with Gasteiger partial charge in [-0.3, -0.25) is 5.84 Å². The van der Waals surface area contributed by atoms with E-state index >= 15 is 0 Å². The van der Waals surface area contributed by atoms with E-state index in [0.717, 1.165) is 16.9 Å². The minimum Gasteiger partial charge on any atom is -0.491 e. The average Bonchev–Trinajstić information content (AvgIpc) is 2.88. The lowest BCUT2D eigenvalue weighted by atomic mass is 10.0. The molecule has 0 radical (unpaired) electrons. The van der Waals surface area contributed by atoms with Gasteiger partial charge in [0.05, 0.1) is 18.9 Å². The number of hydrogen-bond acceptors (Lipinski definition) is 5. The second-order valence-corrected chi connectivity index (χ2v) is 4.47. The van der Waals surface area contributed by atoms with Crippen LogP contribution in [0, 0.1) is 0 Å². The van der Waals surface area contributed by atoms with Gasteiger partial charge in [0, 0.05) is 18.2 Å². The van der Waals surface area contributed by atoms with Crippen LogP contribution in [0.4, 0.5) is 0 Å². The van der Waals surface area contributed by atoms with Gasteiger partial charge in [0.2, 0.25) is 0 Å². The highest BCUT2D eigenvalue weighted by molar-refractivity contribution is 6.29. The van der Waals surface area contributed by atoms with Gasteiger partial charge in [0.25, 0.3) is 0 Å². The summed E-state index contributed by atoms with van der Waals surface area (Å²) in [6.45, 7) is 0.978. The van der Waals surface area contributed by atoms with E-state index in [1.165, 1.54) is 6.26 Å². The number of benzene rings is 1. The highest BCUT2D eigenvalue weighted by atomic mass is 35.5. The van der Waals surface area contributed by atoms with Gasteiger partial charge in [-0.15, -0.1) is 0 Å². The molecule has 1 heterocycles. The van der Waals surface area contributed by atoms with Crippen molar-refractivity contribution in [2.45, 2.75) is 6.04 Å². The Morgan fingerprint density at radius 3 is 2.70 bits per heavy atom. The van der Waals surface area contributed by atoms with Crippen LogP contribution in [0.2, 0.25) is 5.22 Å². The van der Waals surface area contributed by atoms with E-state index in [2.05, 4.69) is 5.43 Å². The molecule has 108 valence electrons. The third kappa shape index (κ3) is 3.32. The fourth-order valence-corrected chi connectivity index (χ4v) is 2.17. The fraction of sp³-hybridized carbons (Fsp3) is 0.286. The molecule has 0 aliphatic rings. The molecule has 0 amide bonds. The fourth-order valence-electron chi connectivity index (χ4n) is 1.94. The molecule has 1 aromatic carbocycles. The largest absolute Gasteiger partial charge is 0.491 e. The van der Waals surface area contributed by atoms with Crippen molar-refractivity contribution in [1.29, 1.82) is 0 Å². The molecule has 0 aliphatic heterocycles. The molecule has 1 unspecified atom stereocenters. The van der Waals surface area contributed by atoms with Crippen molar-refractivity contribution >= 4 is 11.6 Å². The first-order chi connectivity index (χ1) is 9.77. The number of furan rings is 1. The summed E-state index contributed by atoms with van der Waals surface area (Å²) in [6, 6.07) is 9.09. The zero-order valence-electron chi connectivity index (χ0n) is 11.1. The number of methoxy groups -OCH3 is 1. The lowest BCUT2D eigenvalue weighted by molar-refractivity contribution is 0.145. The van der Waals surface area contributed by atoms with Crippen LogP contribution in [0.15, 0.2) is 41.0 Å². The first-order valence-corrected chi connectivity index (χ1v) is 6.55. The summed E-state index contributed by atoms with van der Waals surface area (Å²) in [5.41, 5.74) is 4.38. The van der Waals surface area contributed by atoms with Crippen molar-refractivity contribution < 1.29 is 13.9 Å². The first-order valence-electron chi connectivity index (χ1n) is 6.17. The number of rotatable bonds is 7. The molecule has 2 rings (SSSR count). The molecule has 5 nitrogen and oxygen atoms in total. The molecule has 1 atom stereocenters. The second-order valence-electron chi connectivity index (χ2n) is 4.13. The Balaban J connectivity index is 2.28. The van der Waals surface area contributed by atoms with Crippen molar-refractivity contribution in [3.05, 3.63) is 52.9 Å². The average molecular weight is 297 g/mol. The van der Waals surface area contributed by atoms with E-state index in [9.17, 15) is 0 Å². The molecule has 0 bridgehead atoms. The smallest absolute Gasteiger partial charge is 0.198 e. The molecule has 3 N–H and O–H groups in total. The van der Waals surface area contributed by atoms with Crippen LogP contribution in [-0.4, -0.2) is 20.3 Å². The van der Waals surface area contributed by atoms with Gasteiger partial charge in [-0.25, -0.2) is 5.43 Å². The highest BCUT2D eigenvalue weighted by Gasteiger charge is 2.21. The van der Waals surface area contributed by atoms with Gasteiger partial charge < -0.3 is 13.9 Å². The van der Waals surface area contributed by atoms with Gasteiger partial charge in [0.15, 0.2) is 5.22 Å². The maximum absolute atomic E-state index is 6.02. The van der Waals surface area contributed by atoms with Crippen LogP contribution in [0.3, 0.4) is 0 Å². The number of para-hydroxylation sites is 1. The van der Waals surface area contributed by atoms with Crippen LogP contribution in [0.25, 0.3) is 0 Å². The van der Waals surface area contributed by atoms with Gasteiger partial charge in [-0.1, -0.05) is 18.2 Å². The Kier molecular flexibility index (Phi) is 5.43. The Labute approximate surface area is 122 Å². The quantitative estimate of drug-likeness (QED) is 0.467. The number of hydrazine groups is 1. The van der Waals surface area contributed by atoms with Crippen molar-refractivity contribution in [3.63, 3.8) is 0 Å². The predicted molar refractivity (Wildman–Crippen MR) is 76.7 cm³/mol. The Bertz CT molecular complexity index is 545. The number of hydrogen-bond donors (Lipinski definition) is 2. The minimum absolute atomic E-state index is 0.305. The molecule has 20 heavy (non-hydrogen) atoms. The van der Waals surface area contributed by atoms with E-state index in [4.69, 9.17) is 31.3 Å². The molecule has 0 saturated carbocycles. The topological polar surface area (TPSA) is 69.7 Å². The third-order valence-electron chi connectivity index (χ3n) is 2.90. The van der Waals surface area contributed by atoms with E-state index < -0.39 is 0 Å². The van der Waals surface area contributed by atoms with Crippen molar-refractivity contribution in [2.24, 2.45) is 5.84 Å². The summed E-state index contributed by atoms with van der Waals surface area (Å²) in [7, 11) is 1.63. The molecule has 0 fully saturated rings. The summed E-state index contributed by atoms with van der Waals surface area (Å²) in [5.74, 6) is 6.38. The Morgan fingerprint density at radius 1 is 1.25 bits per heavy atom. The van der Waals surface area contributed by atoms with Gasteiger partial charge in [-0.2, -0.15) is 0 Å². The molecule has 2 aromatic rings. The minimum atomic E-state index is -0.306. The number of nitrogens with two attached hydrogens (primary N) is 1. The van der Waals surface area contributed by atoms with Crippen molar-refractivity contribution in [1.82, 2.24) is 5.43 Å². The third-order valence-corrected chi connectivity index (χ3v) is 3.21. The highest BCUT2D eigenvalue weighted by Crippen LogP contribution is 2.33. The number of halogens is 1. The molecule has 0 aliphatic carbocycles. The standard InChI is InChI=1S/C14H17ClN2O3/c1-18-8-9-19-12-5-3-2-4-10(12)13(17-16)11-6-7-20-14(11)15/h2-7,13,17H,8-9,16H2,1H3. The zero-order valence-corrected chi connectivity index (χ0v) is 11.9. The van der Waals surface area contributed by atoms with E-state index in [-0.39, 0.29) is 6.04 Å². The summed E-state index contributed by atoms with van der Waals surface area (Å²) in [5, 5.41) is 0.305. The van der Waals surface area contributed by atoms with Gasteiger partial charge >= 0.3 is 0 Å². The molecule has 6 heteroatoms. The first kappa shape index (κ1) is 14.9.